The van der Waals surface area contributed by atoms with Gasteiger partial charge >= 0.3 is 5.97 Å². The number of hydrogen-bond acceptors (Lipinski definition) is 6. The maximum absolute atomic E-state index is 11.9. The van der Waals surface area contributed by atoms with Gasteiger partial charge in [0.05, 0.1) is 0 Å². The number of aliphatic carboxylic acids is 1. The molecule has 0 aliphatic carbocycles. The first kappa shape index (κ1) is 16.2. The number of aryl methyl sites for hydroxylation is 1. The lowest BCUT2D eigenvalue weighted by molar-refractivity contribution is -0.147. The van der Waals surface area contributed by atoms with E-state index in [1.165, 1.54) is 18.3 Å². The summed E-state index contributed by atoms with van der Waals surface area (Å²) >= 11 is 1.53. The fourth-order valence-electron chi connectivity index (χ4n) is 1.74. The van der Waals surface area contributed by atoms with Gasteiger partial charge in [-0.15, -0.1) is 10.2 Å². The second-order valence-electron chi connectivity index (χ2n) is 5.05. The van der Waals surface area contributed by atoms with Crippen LogP contribution < -0.4 is 5.32 Å². The smallest absolute Gasteiger partial charge is 0.329 e. The number of carboxylic acid groups (broad SMARTS) is 1. The van der Waals surface area contributed by atoms with Crippen molar-refractivity contribution in [2.75, 3.05) is 0 Å². The fourth-order valence-corrected chi connectivity index (χ4v) is 2.37. The first-order valence-electron chi connectivity index (χ1n) is 6.84. The van der Waals surface area contributed by atoms with Crippen LogP contribution in [0.4, 0.5) is 0 Å². The van der Waals surface area contributed by atoms with E-state index < -0.39 is 11.5 Å². The molecule has 22 heavy (non-hydrogen) atoms. The standard InChI is InChI=1S/C14H17N3O4S/c1-3-14(2,13(19)20)15-10(18)4-5-11-16-17-12(21-11)9-6-7-22-8-9/h6-8H,3-5H2,1-2H3,(H,15,18)(H,19,20). The second kappa shape index (κ2) is 6.69. The number of carbonyl (C=O) groups excluding carboxylic acids is 1. The van der Waals surface area contributed by atoms with Crippen molar-refractivity contribution in [2.45, 2.75) is 38.6 Å². The van der Waals surface area contributed by atoms with Crippen molar-refractivity contribution < 1.29 is 19.1 Å². The van der Waals surface area contributed by atoms with Crippen molar-refractivity contribution in [3.05, 3.63) is 22.7 Å². The quantitative estimate of drug-likeness (QED) is 0.808. The van der Waals surface area contributed by atoms with Crippen LogP contribution in [-0.2, 0) is 16.0 Å². The molecule has 1 unspecified atom stereocenters. The van der Waals surface area contributed by atoms with Crippen molar-refractivity contribution in [1.82, 2.24) is 15.5 Å². The summed E-state index contributed by atoms with van der Waals surface area (Å²) in [5.74, 6) is -0.645. The van der Waals surface area contributed by atoms with Gasteiger partial charge < -0.3 is 14.8 Å². The zero-order chi connectivity index (χ0) is 16.2. The Bertz CT molecular complexity index is 653. The molecule has 0 fully saturated rings. The Balaban J connectivity index is 1.90. The van der Waals surface area contributed by atoms with E-state index in [1.54, 1.807) is 6.92 Å². The highest BCUT2D eigenvalue weighted by Crippen LogP contribution is 2.20. The first-order valence-corrected chi connectivity index (χ1v) is 7.78. The summed E-state index contributed by atoms with van der Waals surface area (Å²) in [5.41, 5.74) is -0.411. The first-order chi connectivity index (χ1) is 10.4. The van der Waals surface area contributed by atoms with Crippen LogP contribution in [0, 0.1) is 0 Å². The van der Waals surface area contributed by atoms with Gasteiger partial charge in [-0.1, -0.05) is 6.92 Å². The minimum atomic E-state index is -1.26. The van der Waals surface area contributed by atoms with E-state index in [2.05, 4.69) is 15.5 Å². The van der Waals surface area contributed by atoms with Crippen LogP contribution in [-0.4, -0.2) is 32.7 Å². The third kappa shape index (κ3) is 3.70. The van der Waals surface area contributed by atoms with Gasteiger partial charge in [0.15, 0.2) is 0 Å². The van der Waals surface area contributed by atoms with Gasteiger partial charge in [-0.05, 0) is 24.8 Å². The molecule has 7 nitrogen and oxygen atoms in total. The normalized spacial score (nSPS) is 13.5. The van der Waals surface area contributed by atoms with E-state index in [1.807, 2.05) is 16.8 Å². The topological polar surface area (TPSA) is 105 Å². The summed E-state index contributed by atoms with van der Waals surface area (Å²) in [6.07, 6.45) is 0.660. The molecule has 2 rings (SSSR count). The van der Waals surface area contributed by atoms with Gasteiger partial charge in [-0.3, -0.25) is 4.79 Å². The number of carboxylic acids is 1. The molecule has 118 valence electrons. The average Bonchev–Trinajstić information content (AvgIpc) is 3.15. The number of aromatic nitrogens is 2. The molecule has 2 N–H and O–H groups in total. The van der Waals surface area contributed by atoms with Crippen LogP contribution in [0.1, 0.15) is 32.6 Å². The highest BCUT2D eigenvalue weighted by atomic mass is 32.1. The molecule has 1 atom stereocenters. The van der Waals surface area contributed by atoms with E-state index in [9.17, 15) is 9.59 Å². The molecule has 0 saturated carbocycles. The summed E-state index contributed by atoms with van der Waals surface area (Å²) in [6, 6.07) is 1.87. The van der Waals surface area contributed by atoms with Gasteiger partial charge in [-0.2, -0.15) is 11.3 Å². The van der Waals surface area contributed by atoms with Crippen LogP contribution in [0.3, 0.4) is 0 Å². The molecule has 0 spiro atoms. The molecular formula is C14H17N3O4S. The SMILES string of the molecule is CCC(C)(NC(=O)CCc1nnc(-c2ccsc2)o1)C(=O)O. The van der Waals surface area contributed by atoms with E-state index in [0.717, 1.165) is 5.56 Å². The molecule has 8 heteroatoms. The lowest BCUT2D eigenvalue weighted by Crippen LogP contribution is -2.51. The number of thiophene rings is 1. The van der Waals surface area contributed by atoms with Gasteiger partial charge in [0.25, 0.3) is 0 Å². The Morgan fingerprint density at radius 3 is 2.82 bits per heavy atom. The summed E-state index contributed by atoms with van der Waals surface area (Å²) in [4.78, 5) is 23.0. The van der Waals surface area contributed by atoms with E-state index in [0.29, 0.717) is 18.2 Å². The maximum atomic E-state index is 11.9. The molecular weight excluding hydrogens is 306 g/mol. The molecule has 0 aliphatic heterocycles. The molecule has 2 aromatic rings. The molecule has 0 radical (unpaired) electrons. The van der Waals surface area contributed by atoms with Gasteiger partial charge in [0.1, 0.15) is 5.54 Å². The lowest BCUT2D eigenvalue weighted by Gasteiger charge is -2.24. The Kier molecular flexibility index (Phi) is 4.92. The van der Waals surface area contributed by atoms with E-state index in [-0.39, 0.29) is 18.7 Å². The summed E-state index contributed by atoms with van der Waals surface area (Å²) in [6.45, 7) is 3.19. The zero-order valence-electron chi connectivity index (χ0n) is 12.3. The summed E-state index contributed by atoms with van der Waals surface area (Å²) in [7, 11) is 0. The van der Waals surface area contributed by atoms with Crippen LogP contribution in [0.2, 0.25) is 0 Å². The Labute approximate surface area is 131 Å². The highest BCUT2D eigenvalue weighted by molar-refractivity contribution is 7.08. The predicted octanol–water partition coefficient (Wildman–Crippen LogP) is 2.10. The lowest BCUT2D eigenvalue weighted by atomic mass is 9.99. The zero-order valence-corrected chi connectivity index (χ0v) is 13.1. The molecule has 2 aromatic heterocycles. The largest absolute Gasteiger partial charge is 0.480 e. The van der Waals surface area contributed by atoms with Gasteiger partial charge in [0, 0.05) is 23.8 Å². The molecule has 1 amide bonds. The Hall–Kier alpha value is -2.22. The highest BCUT2D eigenvalue weighted by Gasteiger charge is 2.32. The van der Waals surface area contributed by atoms with Crippen molar-refractivity contribution in [2.24, 2.45) is 0 Å². The van der Waals surface area contributed by atoms with Crippen molar-refractivity contribution >= 4 is 23.2 Å². The van der Waals surface area contributed by atoms with Crippen LogP contribution in [0.25, 0.3) is 11.5 Å². The van der Waals surface area contributed by atoms with Crippen molar-refractivity contribution in [3.63, 3.8) is 0 Å². The van der Waals surface area contributed by atoms with Crippen molar-refractivity contribution in [3.8, 4) is 11.5 Å². The number of amides is 1. The Morgan fingerprint density at radius 2 is 2.23 bits per heavy atom. The van der Waals surface area contributed by atoms with Gasteiger partial charge in [-0.25, -0.2) is 4.79 Å². The molecule has 0 aromatic carbocycles. The Morgan fingerprint density at radius 1 is 1.45 bits per heavy atom. The number of hydrogen-bond donors (Lipinski definition) is 2. The molecule has 2 heterocycles. The third-order valence-corrected chi connectivity index (χ3v) is 4.08. The fraction of sp³-hybridized carbons (Fsp3) is 0.429. The third-order valence-electron chi connectivity index (χ3n) is 3.40. The molecule has 0 saturated heterocycles. The van der Waals surface area contributed by atoms with Crippen LogP contribution >= 0.6 is 11.3 Å². The van der Waals surface area contributed by atoms with Gasteiger partial charge in [0.2, 0.25) is 17.7 Å². The minimum absolute atomic E-state index is 0.0914. The van der Waals surface area contributed by atoms with E-state index >= 15 is 0 Å². The maximum Gasteiger partial charge on any atom is 0.329 e. The number of carbonyl (C=O) groups is 2. The van der Waals surface area contributed by atoms with E-state index in [4.69, 9.17) is 9.52 Å². The molecule has 0 bridgehead atoms. The summed E-state index contributed by atoms with van der Waals surface area (Å²) < 4.78 is 5.47. The minimum Gasteiger partial charge on any atom is -0.480 e. The predicted molar refractivity (Wildman–Crippen MR) is 80.4 cm³/mol. The van der Waals surface area contributed by atoms with Crippen LogP contribution in [0.5, 0.6) is 0 Å². The monoisotopic (exact) mass is 323 g/mol. The van der Waals surface area contributed by atoms with Crippen molar-refractivity contribution in [1.29, 1.82) is 0 Å². The average molecular weight is 323 g/mol. The van der Waals surface area contributed by atoms with Crippen LogP contribution in [0.15, 0.2) is 21.2 Å². The number of nitrogens with one attached hydrogen (secondary N) is 1. The number of nitrogens with zero attached hydrogens (tertiary/aromatic N) is 2. The second-order valence-corrected chi connectivity index (χ2v) is 5.83. The number of rotatable bonds is 7. The molecule has 0 aliphatic rings. The summed E-state index contributed by atoms with van der Waals surface area (Å²) in [5, 5.41) is 23.2.